The van der Waals surface area contributed by atoms with Crippen LogP contribution in [0.1, 0.15) is 30.5 Å². The first kappa shape index (κ1) is 20.5. The van der Waals surface area contributed by atoms with E-state index < -0.39 is 10.0 Å². The van der Waals surface area contributed by atoms with E-state index in [4.69, 9.17) is 9.26 Å². The summed E-state index contributed by atoms with van der Waals surface area (Å²) in [5, 5.41) is 4.01. The Hall–Kier alpha value is -2.79. The molecule has 0 spiro atoms. The molecule has 11 heteroatoms. The summed E-state index contributed by atoms with van der Waals surface area (Å²) < 4.78 is 52.5. The Morgan fingerprint density at radius 1 is 1.30 bits per heavy atom. The Labute approximate surface area is 173 Å². The van der Waals surface area contributed by atoms with Gasteiger partial charge in [-0.2, -0.15) is 9.29 Å². The third kappa shape index (κ3) is 4.51. The number of piperidine rings is 1. The van der Waals surface area contributed by atoms with Crippen LogP contribution >= 0.6 is 0 Å². The van der Waals surface area contributed by atoms with Crippen molar-refractivity contribution in [3.05, 3.63) is 54.3 Å². The van der Waals surface area contributed by atoms with Crippen LogP contribution in [0.4, 0.5) is 4.39 Å². The molecule has 1 aliphatic rings. The number of rotatable bonds is 7. The molecule has 30 heavy (non-hydrogen) atoms. The van der Waals surface area contributed by atoms with Crippen molar-refractivity contribution in [1.29, 1.82) is 0 Å². The molecule has 0 radical (unpaired) electrons. The van der Waals surface area contributed by atoms with E-state index in [2.05, 4.69) is 15.1 Å². The van der Waals surface area contributed by atoms with Crippen LogP contribution in [0.2, 0.25) is 0 Å². The first-order valence-corrected chi connectivity index (χ1v) is 11.0. The molecule has 1 aromatic carbocycles. The molecule has 0 aliphatic carbocycles. The highest BCUT2D eigenvalue weighted by atomic mass is 32.2. The number of aromatic nitrogens is 4. The van der Waals surface area contributed by atoms with E-state index in [1.54, 1.807) is 23.7 Å². The van der Waals surface area contributed by atoms with E-state index in [0.717, 1.165) is 6.42 Å². The van der Waals surface area contributed by atoms with Gasteiger partial charge in [-0.3, -0.25) is 0 Å². The molecule has 9 nitrogen and oxygen atoms in total. The van der Waals surface area contributed by atoms with Crippen molar-refractivity contribution in [2.24, 2.45) is 7.05 Å². The van der Waals surface area contributed by atoms with Gasteiger partial charge in [0.1, 0.15) is 11.6 Å². The van der Waals surface area contributed by atoms with Crippen LogP contribution in [-0.2, 0) is 23.5 Å². The summed E-state index contributed by atoms with van der Waals surface area (Å²) >= 11 is 0. The van der Waals surface area contributed by atoms with Crippen LogP contribution < -0.4 is 4.74 Å². The number of halogens is 1. The van der Waals surface area contributed by atoms with E-state index in [-0.39, 0.29) is 23.3 Å². The van der Waals surface area contributed by atoms with Crippen LogP contribution in [-0.4, -0.2) is 52.1 Å². The third-order valence-electron chi connectivity index (χ3n) is 4.91. The fraction of sp³-hybridized carbons (Fsp3) is 0.421. The molecule has 1 aliphatic heterocycles. The van der Waals surface area contributed by atoms with Gasteiger partial charge >= 0.3 is 0 Å². The minimum atomic E-state index is -3.66. The number of imidazole rings is 1. The second kappa shape index (κ2) is 8.52. The number of aryl methyl sites for hydroxylation is 1. The number of hydrogen-bond acceptors (Lipinski definition) is 7. The zero-order valence-electron chi connectivity index (χ0n) is 16.4. The van der Waals surface area contributed by atoms with Crippen molar-refractivity contribution in [1.82, 2.24) is 24.0 Å². The maximum atomic E-state index is 12.9. The summed E-state index contributed by atoms with van der Waals surface area (Å²) in [6.45, 7) is 1.02. The smallest absolute Gasteiger partial charge is 0.262 e. The molecule has 4 rings (SSSR count). The highest BCUT2D eigenvalue weighted by molar-refractivity contribution is 7.89. The summed E-state index contributed by atoms with van der Waals surface area (Å²) in [6.07, 6.45) is 4.84. The average Bonchev–Trinajstić information content (AvgIpc) is 3.39. The Morgan fingerprint density at radius 3 is 2.83 bits per heavy atom. The fourth-order valence-corrected chi connectivity index (χ4v) is 4.83. The Kier molecular flexibility index (Phi) is 5.82. The second-order valence-corrected chi connectivity index (χ2v) is 9.07. The van der Waals surface area contributed by atoms with Gasteiger partial charge in [0.2, 0.25) is 5.89 Å². The lowest BCUT2D eigenvalue weighted by Gasteiger charge is -2.29. The highest BCUT2D eigenvalue weighted by Crippen LogP contribution is 2.29. The maximum Gasteiger partial charge on any atom is 0.262 e. The Balaban J connectivity index is 1.36. The van der Waals surface area contributed by atoms with Gasteiger partial charge in [-0.05, 0) is 37.1 Å². The van der Waals surface area contributed by atoms with E-state index >= 15 is 0 Å². The standard InChI is InChI=1S/C19H22FN5O4S/c1-24-12-18(21-13-24)30(26,27)25-9-2-3-14(11-25)19-22-17(23-29-19)8-10-28-16-6-4-15(20)5-7-16/h4-7,12-14H,2-3,8-11H2,1H3. The van der Waals surface area contributed by atoms with Gasteiger partial charge < -0.3 is 13.8 Å². The van der Waals surface area contributed by atoms with Gasteiger partial charge in [0.15, 0.2) is 10.9 Å². The predicted octanol–water partition coefficient (Wildman–Crippen LogP) is 2.13. The lowest BCUT2D eigenvalue weighted by molar-refractivity contribution is 0.264. The Bertz CT molecular complexity index is 1100. The molecule has 1 atom stereocenters. The molecule has 160 valence electrons. The lowest BCUT2D eigenvalue weighted by atomic mass is 10.00. The molecular weight excluding hydrogens is 413 g/mol. The SMILES string of the molecule is Cn1cnc(S(=O)(=O)N2CCCC(c3nc(CCOc4ccc(F)cc4)no3)C2)c1. The number of ether oxygens (including phenoxy) is 1. The van der Waals surface area contributed by atoms with Crippen molar-refractivity contribution in [3.8, 4) is 5.75 Å². The normalized spacial score (nSPS) is 17.9. The minimum Gasteiger partial charge on any atom is -0.493 e. The monoisotopic (exact) mass is 435 g/mol. The third-order valence-corrected chi connectivity index (χ3v) is 6.66. The van der Waals surface area contributed by atoms with Crippen molar-refractivity contribution >= 4 is 10.0 Å². The first-order valence-electron chi connectivity index (χ1n) is 9.61. The van der Waals surface area contributed by atoms with Gasteiger partial charge in [-0.15, -0.1) is 0 Å². The topological polar surface area (TPSA) is 103 Å². The highest BCUT2D eigenvalue weighted by Gasteiger charge is 2.34. The molecule has 0 amide bonds. The van der Waals surface area contributed by atoms with Crippen molar-refractivity contribution in [2.75, 3.05) is 19.7 Å². The predicted molar refractivity (Wildman–Crippen MR) is 104 cm³/mol. The lowest BCUT2D eigenvalue weighted by Crippen LogP contribution is -2.39. The quantitative estimate of drug-likeness (QED) is 0.560. The van der Waals surface area contributed by atoms with E-state index in [0.29, 0.717) is 43.5 Å². The fourth-order valence-electron chi connectivity index (χ4n) is 3.34. The molecule has 2 aromatic heterocycles. The summed E-state index contributed by atoms with van der Waals surface area (Å²) in [6, 6.07) is 5.76. The summed E-state index contributed by atoms with van der Waals surface area (Å²) in [7, 11) is -1.93. The van der Waals surface area contributed by atoms with E-state index in [9.17, 15) is 12.8 Å². The van der Waals surface area contributed by atoms with Gasteiger partial charge in [-0.1, -0.05) is 5.16 Å². The number of hydrogen-bond donors (Lipinski definition) is 0. The summed E-state index contributed by atoms with van der Waals surface area (Å²) in [5.41, 5.74) is 0. The molecular formula is C19H22FN5O4S. The maximum absolute atomic E-state index is 12.9. The van der Waals surface area contributed by atoms with Crippen LogP contribution in [0.15, 0.2) is 46.3 Å². The molecule has 0 N–H and O–H groups in total. The zero-order chi connectivity index (χ0) is 21.1. The van der Waals surface area contributed by atoms with Crippen LogP contribution in [0, 0.1) is 5.82 Å². The Morgan fingerprint density at radius 2 is 2.10 bits per heavy atom. The van der Waals surface area contributed by atoms with Crippen molar-refractivity contribution in [2.45, 2.75) is 30.2 Å². The molecule has 1 fully saturated rings. The number of nitrogens with zero attached hydrogens (tertiary/aromatic N) is 5. The first-order chi connectivity index (χ1) is 14.4. The van der Waals surface area contributed by atoms with E-state index in [1.165, 1.54) is 29.0 Å². The van der Waals surface area contributed by atoms with Crippen molar-refractivity contribution in [3.63, 3.8) is 0 Å². The average molecular weight is 435 g/mol. The van der Waals surface area contributed by atoms with Gasteiger partial charge in [0.25, 0.3) is 10.0 Å². The summed E-state index contributed by atoms with van der Waals surface area (Å²) in [4.78, 5) is 8.39. The van der Waals surface area contributed by atoms with Gasteiger partial charge in [0.05, 0.1) is 18.9 Å². The molecule has 0 bridgehead atoms. The van der Waals surface area contributed by atoms with Gasteiger partial charge in [0, 0.05) is 32.8 Å². The number of sulfonamides is 1. The largest absolute Gasteiger partial charge is 0.493 e. The van der Waals surface area contributed by atoms with Crippen LogP contribution in [0.3, 0.4) is 0 Å². The second-order valence-electron chi connectivity index (χ2n) is 7.18. The molecule has 1 unspecified atom stereocenters. The van der Waals surface area contributed by atoms with Crippen molar-refractivity contribution < 1.29 is 22.1 Å². The van der Waals surface area contributed by atoms with Crippen LogP contribution in [0.5, 0.6) is 5.75 Å². The molecule has 0 saturated carbocycles. The zero-order valence-corrected chi connectivity index (χ0v) is 17.3. The van der Waals surface area contributed by atoms with E-state index in [1.807, 2.05) is 0 Å². The summed E-state index contributed by atoms with van der Waals surface area (Å²) in [5.74, 6) is 0.973. The van der Waals surface area contributed by atoms with Gasteiger partial charge in [-0.25, -0.2) is 17.8 Å². The number of benzene rings is 1. The van der Waals surface area contributed by atoms with Crippen LogP contribution in [0.25, 0.3) is 0 Å². The molecule has 3 aromatic rings. The minimum absolute atomic E-state index is 0.0369. The molecule has 3 heterocycles. The molecule has 1 saturated heterocycles.